The van der Waals surface area contributed by atoms with Crippen molar-refractivity contribution in [1.82, 2.24) is 18.8 Å². The van der Waals surface area contributed by atoms with Gasteiger partial charge in [0, 0.05) is 32.0 Å². The van der Waals surface area contributed by atoms with E-state index in [1.54, 1.807) is 11.4 Å². The normalized spacial score (nSPS) is 17.9. The van der Waals surface area contributed by atoms with Gasteiger partial charge in [-0.05, 0) is 30.2 Å². The number of aromatic nitrogens is 3. The SMILES string of the molecule is O=c1c2[nH]cc[nH]c2c(=O)c2c(=O)n(CC3CCCN(S(=O)(=O)c4cccs4)C3)c(=O)c12. The Labute approximate surface area is 184 Å². The Kier molecular flexibility index (Phi) is 4.87. The third-order valence-electron chi connectivity index (χ3n) is 5.88. The molecular weight excluding hydrogens is 456 g/mol. The van der Waals surface area contributed by atoms with Crippen LogP contribution in [0.5, 0.6) is 0 Å². The average Bonchev–Trinajstić information content (AvgIpc) is 3.42. The molecule has 0 amide bonds. The number of aromatic amines is 2. The van der Waals surface area contributed by atoms with E-state index in [-0.39, 0.29) is 34.2 Å². The highest BCUT2D eigenvalue weighted by Crippen LogP contribution is 2.26. The van der Waals surface area contributed by atoms with Crippen molar-refractivity contribution in [2.45, 2.75) is 23.6 Å². The number of benzene rings is 1. The average molecular weight is 475 g/mol. The van der Waals surface area contributed by atoms with Gasteiger partial charge in [-0.25, -0.2) is 8.42 Å². The number of fused-ring (bicyclic) bond motifs is 2. The number of sulfonamides is 1. The fourth-order valence-electron chi connectivity index (χ4n) is 4.36. The Balaban J connectivity index is 1.56. The van der Waals surface area contributed by atoms with E-state index in [0.717, 1.165) is 15.9 Å². The second-order valence-electron chi connectivity index (χ2n) is 7.80. The van der Waals surface area contributed by atoms with E-state index in [2.05, 4.69) is 9.97 Å². The minimum atomic E-state index is -3.65. The van der Waals surface area contributed by atoms with Gasteiger partial charge in [0.2, 0.25) is 10.9 Å². The third-order valence-corrected chi connectivity index (χ3v) is 9.11. The number of hydrogen-bond donors (Lipinski definition) is 2. The number of nitrogens with zero attached hydrogens (tertiary/aromatic N) is 2. The van der Waals surface area contributed by atoms with Gasteiger partial charge in [-0.1, -0.05) is 6.07 Å². The minimum Gasteiger partial charge on any atom is -0.355 e. The van der Waals surface area contributed by atoms with Crippen LogP contribution in [0.1, 0.15) is 12.8 Å². The van der Waals surface area contributed by atoms with Crippen molar-refractivity contribution < 1.29 is 8.42 Å². The van der Waals surface area contributed by atoms with Crippen molar-refractivity contribution in [2.24, 2.45) is 5.92 Å². The molecule has 1 atom stereocenters. The third kappa shape index (κ3) is 3.05. The summed E-state index contributed by atoms with van der Waals surface area (Å²) < 4.78 is 28.2. The lowest BCUT2D eigenvalue weighted by Gasteiger charge is -2.31. The van der Waals surface area contributed by atoms with Gasteiger partial charge >= 0.3 is 0 Å². The van der Waals surface area contributed by atoms with Gasteiger partial charge in [0.15, 0.2) is 0 Å². The molecule has 3 aromatic heterocycles. The first-order valence-corrected chi connectivity index (χ1v) is 12.3. The van der Waals surface area contributed by atoms with Crippen molar-refractivity contribution in [3.8, 4) is 0 Å². The molecule has 0 saturated carbocycles. The molecular formula is C20H18N4O6S2. The summed E-state index contributed by atoms with van der Waals surface area (Å²) in [7, 11) is -3.65. The molecule has 1 aliphatic rings. The molecule has 2 N–H and O–H groups in total. The first-order chi connectivity index (χ1) is 15.3. The maximum Gasteiger partial charge on any atom is 0.265 e. The van der Waals surface area contributed by atoms with Gasteiger partial charge in [-0.3, -0.25) is 23.7 Å². The maximum absolute atomic E-state index is 13.0. The number of thiophene rings is 1. The summed E-state index contributed by atoms with van der Waals surface area (Å²) in [5.41, 5.74) is -3.18. The molecule has 4 heterocycles. The van der Waals surface area contributed by atoms with Crippen molar-refractivity contribution in [1.29, 1.82) is 0 Å². The lowest BCUT2D eigenvalue weighted by Crippen LogP contribution is -2.42. The Hall–Kier alpha value is -3.09. The van der Waals surface area contributed by atoms with E-state index >= 15 is 0 Å². The summed E-state index contributed by atoms with van der Waals surface area (Å²) in [5.74, 6) is -0.307. The van der Waals surface area contributed by atoms with Gasteiger partial charge in [0.1, 0.15) is 26.0 Å². The molecule has 0 aliphatic carbocycles. The first kappa shape index (κ1) is 20.8. The number of piperidine rings is 1. The zero-order valence-corrected chi connectivity index (χ0v) is 18.3. The molecule has 32 heavy (non-hydrogen) atoms. The van der Waals surface area contributed by atoms with E-state index in [1.807, 2.05) is 0 Å². The van der Waals surface area contributed by atoms with Crippen LogP contribution in [0.2, 0.25) is 0 Å². The van der Waals surface area contributed by atoms with Gasteiger partial charge in [-0.15, -0.1) is 11.3 Å². The topological polar surface area (TPSA) is 142 Å². The predicted molar refractivity (Wildman–Crippen MR) is 120 cm³/mol. The van der Waals surface area contributed by atoms with Crippen LogP contribution in [0.4, 0.5) is 0 Å². The van der Waals surface area contributed by atoms with E-state index < -0.39 is 42.8 Å². The fraction of sp³-hybridized carbons (Fsp3) is 0.300. The summed E-state index contributed by atoms with van der Waals surface area (Å²) in [6.45, 7) is 0.433. The standard InChI is InChI=1S/C20H18N4O6S2/c25-17-13-14(18(26)16-15(17)21-5-6-22-16)20(28)24(19(13)27)10-11-3-1-7-23(9-11)32(29,30)12-4-2-8-31-12/h2,4-6,8,11,21-22H,1,3,7,9-10H2. The smallest absolute Gasteiger partial charge is 0.265 e. The second kappa shape index (κ2) is 7.50. The zero-order valence-electron chi connectivity index (χ0n) is 16.7. The molecule has 1 saturated heterocycles. The molecule has 0 radical (unpaired) electrons. The molecule has 1 fully saturated rings. The lowest BCUT2D eigenvalue weighted by molar-refractivity contribution is 0.243. The maximum atomic E-state index is 13.0. The Morgan fingerprint density at radius 1 is 1.00 bits per heavy atom. The summed E-state index contributed by atoms with van der Waals surface area (Å²) in [4.78, 5) is 56.9. The molecule has 1 aromatic carbocycles. The van der Waals surface area contributed by atoms with Crippen LogP contribution in [-0.2, 0) is 16.6 Å². The Morgan fingerprint density at radius 3 is 2.19 bits per heavy atom. The van der Waals surface area contributed by atoms with E-state index in [1.165, 1.54) is 22.8 Å². The van der Waals surface area contributed by atoms with Crippen molar-refractivity contribution in [2.75, 3.05) is 13.1 Å². The van der Waals surface area contributed by atoms with Crippen molar-refractivity contribution in [3.63, 3.8) is 0 Å². The fourth-order valence-corrected chi connectivity index (χ4v) is 7.05. The summed E-state index contributed by atoms with van der Waals surface area (Å²) in [5, 5.41) is 0.830. The number of H-pyrrole nitrogens is 2. The number of nitrogens with one attached hydrogen (secondary N) is 2. The highest BCUT2D eigenvalue weighted by atomic mass is 32.2. The summed E-state index contributed by atoms with van der Waals surface area (Å²) >= 11 is 1.13. The summed E-state index contributed by atoms with van der Waals surface area (Å²) in [6.07, 6.45) is 4.02. The van der Waals surface area contributed by atoms with Crippen LogP contribution in [0, 0.1) is 5.92 Å². The Bertz CT molecular complexity index is 1590. The Morgan fingerprint density at radius 2 is 1.62 bits per heavy atom. The molecule has 166 valence electrons. The van der Waals surface area contributed by atoms with Crippen molar-refractivity contribution in [3.05, 3.63) is 71.1 Å². The molecule has 1 aliphatic heterocycles. The van der Waals surface area contributed by atoms with Crippen LogP contribution in [0.25, 0.3) is 21.8 Å². The predicted octanol–water partition coefficient (Wildman–Crippen LogP) is 0.492. The quantitative estimate of drug-likeness (QED) is 0.441. The van der Waals surface area contributed by atoms with E-state index in [4.69, 9.17) is 0 Å². The lowest BCUT2D eigenvalue weighted by atomic mass is 10.00. The van der Waals surface area contributed by atoms with E-state index in [9.17, 15) is 27.6 Å². The van der Waals surface area contributed by atoms with Crippen LogP contribution < -0.4 is 22.0 Å². The number of rotatable bonds is 4. The van der Waals surface area contributed by atoms with Gasteiger partial charge in [-0.2, -0.15) is 4.31 Å². The molecule has 5 rings (SSSR count). The molecule has 1 unspecified atom stereocenters. The molecule has 0 bridgehead atoms. The van der Waals surface area contributed by atoms with Crippen LogP contribution in [-0.4, -0.2) is 40.3 Å². The second-order valence-corrected chi connectivity index (χ2v) is 10.9. The van der Waals surface area contributed by atoms with Crippen LogP contribution in [0.15, 0.2) is 53.3 Å². The summed E-state index contributed by atoms with van der Waals surface area (Å²) in [6, 6.07) is 3.20. The molecule has 4 aromatic rings. The zero-order chi connectivity index (χ0) is 22.6. The van der Waals surface area contributed by atoms with Crippen molar-refractivity contribution >= 4 is 43.2 Å². The molecule has 12 heteroatoms. The first-order valence-electron chi connectivity index (χ1n) is 9.96. The van der Waals surface area contributed by atoms with Gasteiger partial charge in [0.25, 0.3) is 21.1 Å². The highest BCUT2D eigenvalue weighted by Gasteiger charge is 2.32. The van der Waals surface area contributed by atoms with Gasteiger partial charge in [0.05, 0.1) is 0 Å². The van der Waals surface area contributed by atoms with E-state index in [0.29, 0.717) is 19.4 Å². The molecule has 10 nitrogen and oxygen atoms in total. The number of hydrogen-bond acceptors (Lipinski definition) is 7. The minimum absolute atomic E-state index is 0.0640. The van der Waals surface area contributed by atoms with Crippen LogP contribution in [0.3, 0.4) is 0 Å². The van der Waals surface area contributed by atoms with Crippen LogP contribution >= 0.6 is 11.3 Å². The largest absolute Gasteiger partial charge is 0.355 e. The highest BCUT2D eigenvalue weighted by molar-refractivity contribution is 7.91. The monoisotopic (exact) mass is 474 g/mol. The molecule has 0 spiro atoms. The van der Waals surface area contributed by atoms with Gasteiger partial charge < -0.3 is 9.97 Å².